The van der Waals surface area contributed by atoms with E-state index in [1.807, 2.05) is 6.07 Å². The first-order valence-electron chi connectivity index (χ1n) is 10.3. The van der Waals surface area contributed by atoms with E-state index in [9.17, 15) is 18.0 Å². The molecule has 0 saturated carbocycles. The Morgan fingerprint density at radius 3 is 2.42 bits per heavy atom. The summed E-state index contributed by atoms with van der Waals surface area (Å²) in [6, 6.07) is 10.4. The van der Waals surface area contributed by atoms with Crippen molar-refractivity contribution in [2.45, 2.75) is 25.1 Å². The van der Waals surface area contributed by atoms with Gasteiger partial charge in [-0.3, -0.25) is 20.4 Å². The van der Waals surface area contributed by atoms with E-state index in [2.05, 4.69) is 20.8 Å². The number of halogens is 5. The van der Waals surface area contributed by atoms with Gasteiger partial charge in [-0.25, -0.2) is 9.97 Å². The molecule has 12 heteroatoms. The fraction of sp³-hybridized carbons (Fsp3) is 0.167. The zero-order chi connectivity index (χ0) is 26.1. The summed E-state index contributed by atoms with van der Waals surface area (Å²) in [6.45, 7) is 1.69. The molecule has 0 radical (unpaired) electrons. The molecule has 2 heterocycles. The molecular weight excluding hydrogens is 518 g/mol. The van der Waals surface area contributed by atoms with Gasteiger partial charge >= 0.3 is 6.18 Å². The third kappa shape index (κ3) is 5.14. The van der Waals surface area contributed by atoms with Gasteiger partial charge in [0.15, 0.2) is 0 Å². The highest BCUT2D eigenvalue weighted by Crippen LogP contribution is 2.47. The first-order chi connectivity index (χ1) is 17.0. The first kappa shape index (κ1) is 25.4. The van der Waals surface area contributed by atoms with Crippen LogP contribution in [0.5, 0.6) is 0 Å². The number of anilines is 1. The Morgan fingerprint density at radius 2 is 1.83 bits per heavy atom. The number of amides is 1. The topological polar surface area (TPSA) is 99.9 Å². The number of alkyl halides is 3. The molecule has 1 aliphatic rings. The summed E-state index contributed by atoms with van der Waals surface area (Å²) in [4.78, 5) is 25.5. The SMILES string of the molecule is Cc1cc(CC2=CC(c3cc(Cl)cc(Cl)c3)(C(F)(F)F)ON2)ccc1C(=O)Nc1ncc(C#N)cn1. The van der Waals surface area contributed by atoms with Crippen molar-refractivity contribution in [3.05, 3.63) is 98.4 Å². The van der Waals surface area contributed by atoms with Crippen molar-refractivity contribution in [1.29, 1.82) is 5.26 Å². The minimum atomic E-state index is -4.80. The second-order valence-corrected chi connectivity index (χ2v) is 8.83. The molecule has 2 N–H and O–H groups in total. The number of nitrogens with zero attached hydrogens (tertiary/aromatic N) is 3. The third-order valence-corrected chi connectivity index (χ3v) is 5.81. The largest absolute Gasteiger partial charge is 0.428 e. The number of carbonyl (C=O) groups is 1. The summed E-state index contributed by atoms with van der Waals surface area (Å²) in [6.07, 6.45) is -1.22. The number of nitrogens with one attached hydrogen (secondary N) is 2. The van der Waals surface area contributed by atoms with Crippen LogP contribution in [0.1, 0.15) is 32.6 Å². The van der Waals surface area contributed by atoms with Crippen molar-refractivity contribution >= 4 is 35.1 Å². The highest BCUT2D eigenvalue weighted by atomic mass is 35.5. The van der Waals surface area contributed by atoms with Gasteiger partial charge in [-0.1, -0.05) is 35.3 Å². The van der Waals surface area contributed by atoms with E-state index in [0.717, 1.165) is 18.2 Å². The lowest BCUT2D eigenvalue weighted by atomic mass is 9.91. The number of aryl methyl sites for hydroxylation is 1. The number of benzene rings is 2. The minimum absolute atomic E-state index is 0.0320. The van der Waals surface area contributed by atoms with Gasteiger partial charge in [-0.05, 0) is 48.4 Å². The Balaban J connectivity index is 1.55. The van der Waals surface area contributed by atoms with Crippen molar-refractivity contribution in [1.82, 2.24) is 15.4 Å². The number of carbonyl (C=O) groups excluding carboxylic acids is 1. The number of aromatic nitrogens is 2. The maximum atomic E-state index is 14.1. The number of allylic oxidation sites excluding steroid dienone is 1. The summed E-state index contributed by atoms with van der Waals surface area (Å²) < 4.78 is 42.4. The maximum absolute atomic E-state index is 14.1. The van der Waals surface area contributed by atoms with E-state index >= 15 is 0 Å². The molecule has 0 fully saturated rings. The zero-order valence-corrected chi connectivity index (χ0v) is 20.0. The molecule has 0 aliphatic carbocycles. The molecule has 1 aliphatic heterocycles. The van der Waals surface area contributed by atoms with Gasteiger partial charge in [0.1, 0.15) is 6.07 Å². The van der Waals surface area contributed by atoms with Crippen LogP contribution < -0.4 is 10.8 Å². The second kappa shape index (κ2) is 9.78. The Kier molecular flexibility index (Phi) is 6.91. The number of hydrogen-bond donors (Lipinski definition) is 2. The summed E-state index contributed by atoms with van der Waals surface area (Å²) in [5.74, 6) is -0.441. The average molecular weight is 534 g/mol. The molecule has 36 heavy (non-hydrogen) atoms. The summed E-state index contributed by atoms with van der Waals surface area (Å²) in [7, 11) is 0. The van der Waals surface area contributed by atoms with Crippen LogP contribution >= 0.6 is 23.2 Å². The standard InChI is InChI=1S/C24H16Cl2F3N5O2/c1-13-4-14(2-3-20(13)21(35)33-22-31-11-15(10-30)12-32-22)5-19-9-23(36-34-19,24(27,28)29)16-6-17(25)8-18(26)7-16/h2-4,6-9,11-12,34H,5H2,1H3,(H,31,32,33,35). The van der Waals surface area contributed by atoms with Crippen LogP contribution in [0.2, 0.25) is 10.0 Å². The lowest BCUT2D eigenvalue weighted by molar-refractivity contribution is -0.270. The van der Waals surface area contributed by atoms with E-state index in [1.54, 1.807) is 25.1 Å². The Labute approximate surface area is 213 Å². The second-order valence-electron chi connectivity index (χ2n) is 7.95. The van der Waals surface area contributed by atoms with Gasteiger partial charge in [-0.2, -0.15) is 18.4 Å². The Hall–Kier alpha value is -3.65. The number of hydrogen-bond acceptors (Lipinski definition) is 6. The van der Waals surface area contributed by atoms with Crippen LogP contribution in [0.3, 0.4) is 0 Å². The molecule has 7 nitrogen and oxygen atoms in total. The van der Waals surface area contributed by atoms with Crippen LogP contribution in [0, 0.1) is 18.3 Å². The van der Waals surface area contributed by atoms with Crippen molar-refractivity contribution in [3.8, 4) is 6.07 Å². The fourth-order valence-electron chi connectivity index (χ4n) is 3.68. The highest BCUT2D eigenvalue weighted by Gasteiger charge is 2.59. The average Bonchev–Trinajstić information content (AvgIpc) is 3.24. The van der Waals surface area contributed by atoms with Crippen LogP contribution in [-0.2, 0) is 16.9 Å². The number of hydroxylamine groups is 1. The van der Waals surface area contributed by atoms with Gasteiger partial charge in [-0.15, -0.1) is 0 Å². The predicted octanol–water partition coefficient (Wildman–Crippen LogP) is 5.63. The van der Waals surface area contributed by atoms with Crippen LogP contribution in [0.4, 0.5) is 19.1 Å². The number of rotatable bonds is 5. The molecule has 0 bridgehead atoms. The Bertz CT molecular complexity index is 1380. The predicted molar refractivity (Wildman–Crippen MR) is 126 cm³/mol. The third-order valence-electron chi connectivity index (χ3n) is 5.37. The molecule has 0 saturated heterocycles. The van der Waals surface area contributed by atoms with Gasteiger partial charge in [0.2, 0.25) is 11.5 Å². The van der Waals surface area contributed by atoms with E-state index in [0.29, 0.717) is 16.7 Å². The minimum Gasteiger partial charge on any atom is -0.290 e. The summed E-state index contributed by atoms with van der Waals surface area (Å²) >= 11 is 11.9. The molecule has 1 unspecified atom stereocenters. The molecule has 1 aromatic heterocycles. The molecule has 1 atom stereocenters. The van der Waals surface area contributed by atoms with Crippen LogP contribution in [0.15, 0.2) is 60.6 Å². The smallest absolute Gasteiger partial charge is 0.290 e. The molecule has 184 valence electrons. The summed E-state index contributed by atoms with van der Waals surface area (Å²) in [5, 5.41) is 11.4. The first-order valence-corrected chi connectivity index (χ1v) is 11.1. The van der Waals surface area contributed by atoms with E-state index in [1.165, 1.54) is 18.5 Å². The van der Waals surface area contributed by atoms with Gasteiger partial charge < -0.3 is 0 Å². The van der Waals surface area contributed by atoms with Crippen LogP contribution in [0.25, 0.3) is 0 Å². The molecular formula is C24H16Cl2F3N5O2. The zero-order valence-electron chi connectivity index (χ0n) is 18.5. The lowest BCUT2D eigenvalue weighted by Crippen LogP contribution is -2.42. The quantitative estimate of drug-likeness (QED) is 0.440. The Morgan fingerprint density at radius 1 is 1.17 bits per heavy atom. The van der Waals surface area contributed by atoms with E-state index in [-0.39, 0.29) is 39.2 Å². The van der Waals surface area contributed by atoms with Gasteiger partial charge in [0, 0.05) is 33.3 Å². The van der Waals surface area contributed by atoms with E-state index < -0.39 is 17.7 Å². The molecule has 3 aromatic rings. The van der Waals surface area contributed by atoms with E-state index in [4.69, 9.17) is 33.3 Å². The monoisotopic (exact) mass is 533 g/mol. The lowest BCUT2D eigenvalue weighted by Gasteiger charge is -2.28. The normalized spacial score (nSPS) is 17.2. The molecule has 4 rings (SSSR count). The van der Waals surface area contributed by atoms with Crippen molar-refractivity contribution < 1.29 is 22.8 Å². The fourth-order valence-corrected chi connectivity index (χ4v) is 4.21. The van der Waals surface area contributed by atoms with Gasteiger partial charge in [0.05, 0.1) is 18.0 Å². The maximum Gasteiger partial charge on any atom is 0.428 e. The van der Waals surface area contributed by atoms with Crippen molar-refractivity contribution in [2.24, 2.45) is 0 Å². The number of nitriles is 1. The van der Waals surface area contributed by atoms with Crippen LogP contribution in [-0.4, -0.2) is 22.1 Å². The van der Waals surface area contributed by atoms with Crippen molar-refractivity contribution in [3.63, 3.8) is 0 Å². The molecule has 0 spiro atoms. The van der Waals surface area contributed by atoms with Crippen molar-refractivity contribution in [2.75, 3.05) is 5.32 Å². The van der Waals surface area contributed by atoms with Gasteiger partial charge in [0.25, 0.3) is 5.91 Å². The molecule has 1 amide bonds. The molecule has 2 aromatic carbocycles. The highest BCUT2D eigenvalue weighted by molar-refractivity contribution is 6.34. The summed E-state index contributed by atoms with van der Waals surface area (Å²) in [5.41, 5.74) is 1.32.